The molecule has 0 saturated heterocycles. The van der Waals surface area contributed by atoms with Gasteiger partial charge in [-0.2, -0.15) is 0 Å². The lowest BCUT2D eigenvalue weighted by Crippen LogP contribution is -1.96. The highest BCUT2D eigenvalue weighted by Gasteiger charge is 1.98. The highest BCUT2D eigenvalue weighted by atomic mass is 32.2. The third-order valence-corrected chi connectivity index (χ3v) is 1.61. The molecule has 0 aromatic carbocycles. The van der Waals surface area contributed by atoms with E-state index in [1.54, 1.807) is 6.26 Å². The van der Waals surface area contributed by atoms with Crippen molar-refractivity contribution in [3.05, 3.63) is 22.6 Å². The zero-order chi connectivity index (χ0) is 7.56. The van der Waals surface area contributed by atoms with Crippen LogP contribution in [0.15, 0.2) is 26.6 Å². The Bertz CT molecular complexity index is 279. The van der Waals surface area contributed by atoms with Crippen LogP contribution < -0.4 is 5.43 Å². The molecule has 54 valence electrons. The van der Waals surface area contributed by atoms with E-state index in [-0.39, 0.29) is 5.75 Å². The van der Waals surface area contributed by atoms with Crippen molar-refractivity contribution < 1.29 is 9.52 Å². The first kappa shape index (κ1) is 7.21. The maximum atomic E-state index is 10.7. The molecule has 0 atom stereocenters. The van der Waals surface area contributed by atoms with Gasteiger partial charge >= 0.3 is 0 Å². The molecule has 1 aromatic rings. The Morgan fingerprint density at radius 3 is 2.90 bits per heavy atom. The summed E-state index contributed by atoms with van der Waals surface area (Å²) in [5.74, 6) is -0.349. The molecule has 1 heterocycles. The molecular formula is C6H6O3S. The van der Waals surface area contributed by atoms with Crippen molar-refractivity contribution in [1.82, 2.24) is 0 Å². The molecule has 0 unspecified atom stereocenters. The predicted molar refractivity (Wildman–Crippen MR) is 38.4 cm³/mol. The van der Waals surface area contributed by atoms with Gasteiger partial charge in [-0.15, -0.1) is 0 Å². The summed E-state index contributed by atoms with van der Waals surface area (Å²) in [5.41, 5.74) is -0.407. The van der Waals surface area contributed by atoms with Gasteiger partial charge in [0, 0.05) is 6.07 Å². The molecule has 0 radical (unpaired) electrons. The van der Waals surface area contributed by atoms with Gasteiger partial charge < -0.3 is 9.52 Å². The Balaban J connectivity index is 3.17. The zero-order valence-corrected chi connectivity index (χ0v) is 6.14. The first-order valence-corrected chi connectivity index (χ1v) is 3.82. The van der Waals surface area contributed by atoms with Gasteiger partial charge in [0.05, 0.1) is 0 Å². The highest BCUT2D eigenvalue weighted by Crippen LogP contribution is 2.13. The third-order valence-electron chi connectivity index (χ3n) is 0.989. The van der Waals surface area contributed by atoms with E-state index in [2.05, 4.69) is 0 Å². The van der Waals surface area contributed by atoms with Gasteiger partial charge in [-0.3, -0.25) is 4.79 Å². The number of thioether (sulfide) groups is 1. The van der Waals surface area contributed by atoms with Crippen molar-refractivity contribution in [2.75, 3.05) is 6.26 Å². The van der Waals surface area contributed by atoms with E-state index < -0.39 is 5.43 Å². The van der Waals surface area contributed by atoms with E-state index in [1.165, 1.54) is 17.8 Å². The molecule has 0 spiro atoms. The summed E-state index contributed by atoms with van der Waals surface area (Å²) in [5, 5.41) is 9.23. The second-order valence-corrected chi connectivity index (χ2v) is 2.46. The van der Waals surface area contributed by atoms with Gasteiger partial charge in [-0.1, -0.05) is 11.8 Å². The van der Waals surface area contributed by atoms with Gasteiger partial charge in [0.1, 0.15) is 6.26 Å². The summed E-state index contributed by atoms with van der Waals surface area (Å²) in [6, 6.07) is 1.25. The lowest BCUT2D eigenvalue weighted by Gasteiger charge is -1.92. The molecule has 10 heavy (non-hydrogen) atoms. The second kappa shape index (κ2) is 2.79. The first-order chi connectivity index (χ1) is 4.74. The third kappa shape index (κ3) is 1.33. The maximum Gasteiger partial charge on any atom is 0.227 e. The fourth-order valence-electron chi connectivity index (χ4n) is 0.494. The van der Waals surface area contributed by atoms with Crippen LogP contribution in [0.3, 0.4) is 0 Å². The van der Waals surface area contributed by atoms with Gasteiger partial charge in [0.25, 0.3) is 0 Å². The van der Waals surface area contributed by atoms with Crippen molar-refractivity contribution in [2.24, 2.45) is 0 Å². The second-order valence-electron chi connectivity index (χ2n) is 1.65. The van der Waals surface area contributed by atoms with Gasteiger partial charge in [0.2, 0.25) is 5.43 Å². The Morgan fingerprint density at radius 2 is 2.40 bits per heavy atom. The van der Waals surface area contributed by atoms with E-state index in [9.17, 15) is 4.79 Å². The molecule has 0 bridgehead atoms. The van der Waals surface area contributed by atoms with Crippen LogP contribution in [0, 0.1) is 0 Å². The minimum Gasteiger partial charge on any atom is -0.502 e. The summed E-state index contributed by atoms with van der Waals surface area (Å²) in [6.07, 6.45) is 2.82. The molecule has 0 aliphatic rings. The Kier molecular flexibility index (Phi) is 2.01. The lowest BCUT2D eigenvalue weighted by molar-refractivity contribution is 0.393. The van der Waals surface area contributed by atoms with E-state index in [0.717, 1.165) is 6.26 Å². The van der Waals surface area contributed by atoms with Crippen LogP contribution in [0.1, 0.15) is 0 Å². The number of rotatable bonds is 1. The Labute approximate surface area is 61.7 Å². The number of hydrogen-bond donors (Lipinski definition) is 1. The summed E-state index contributed by atoms with van der Waals surface area (Å²) < 4.78 is 4.80. The Morgan fingerprint density at radius 1 is 1.70 bits per heavy atom. The average molecular weight is 158 g/mol. The van der Waals surface area contributed by atoms with Crippen LogP contribution in [0.2, 0.25) is 0 Å². The van der Waals surface area contributed by atoms with E-state index >= 15 is 0 Å². The zero-order valence-electron chi connectivity index (χ0n) is 5.33. The van der Waals surface area contributed by atoms with Crippen molar-refractivity contribution in [2.45, 2.75) is 5.09 Å². The standard InChI is InChI=1S/C6H6O3S/c1-10-6-2-4(7)5(8)3-9-6/h2-3,8H,1H3. The minimum atomic E-state index is -0.407. The van der Waals surface area contributed by atoms with Crippen molar-refractivity contribution in [3.63, 3.8) is 0 Å². The fourth-order valence-corrected chi connectivity index (χ4v) is 0.863. The van der Waals surface area contributed by atoms with E-state index in [0.29, 0.717) is 5.09 Å². The molecule has 1 N–H and O–H groups in total. The quantitative estimate of drug-likeness (QED) is 0.621. The first-order valence-electron chi connectivity index (χ1n) is 2.60. The highest BCUT2D eigenvalue weighted by molar-refractivity contribution is 7.98. The van der Waals surface area contributed by atoms with Crippen LogP contribution >= 0.6 is 11.8 Å². The van der Waals surface area contributed by atoms with E-state index in [4.69, 9.17) is 9.52 Å². The monoisotopic (exact) mass is 158 g/mol. The summed E-state index contributed by atoms with van der Waals surface area (Å²) in [4.78, 5) is 10.7. The number of hydrogen-bond acceptors (Lipinski definition) is 4. The lowest BCUT2D eigenvalue weighted by atomic mass is 10.5. The molecule has 0 saturated carbocycles. The smallest absolute Gasteiger partial charge is 0.227 e. The molecule has 1 rings (SSSR count). The van der Waals surface area contributed by atoms with Crippen LogP contribution in [-0.2, 0) is 0 Å². The van der Waals surface area contributed by atoms with Crippen LogP contribution in [0.5, 0.6) is 5.75 Å². The SMILES string of the molecule is CSc1cc(=O)c(O)co1. The molecule has 0 aliphatic heterocycles. The minimum absolute atomic E-state index is 0.349. The molecule has 0 fully saturated rings. The van der Waals surface area contributed by atoms with Crippen LogP contribution in [0.25, 0.3) is 0 Å². The van der Waals surface area contributed by atoms with Crippen LogP contribution in [-0.4, -0.2) is 11.4 Å². The maximum absolute atomic E-state index is 10.7. The van der Waals surface area contributed by atoms with Gasteiger partial charge in [-0.05, 0) is 6.26 Å². The summed E-state index contributed by atoms with van der Waals surface area (Å²) in [7, 11) is 0. The largest absolute Gasteiger partial charge is 0.502 e. The fraction of sp³-hybridized carbons (Fsp3) is 0.167. The van der Waals surface area contributed by atoms with Crippen molar-refractivity contribution in [3.8, 4) is 5.75 Å². The summed E-state index contributed by atoms with van der Waals surface area (Å²) in [6.45, 7) is 0. The average Bonchev–Trinajstić information content (AvgIpc) is 1.95. The number of aromatic hydroxyl groups is 1. The molecule has 3 nitrogen and oxygen atoms in total. The van der Waals surface area contributed by atoms with E-state index in [1.807, 2.05) is 0 Å². The Hall–Kier alpha value is -0.900. The van der Waals surface area contributed by atoms with Crippen LogP contribution in [0.4, 0.5) is 0 Å². The molecule has 0 amide bonds. The van der Waals surface area contributed by atoms with Gasteiger partial charge in [0.15, 0.2) is 10.8 Å². The summed E-state index contributed by atoms with van der Waals surface area (Å²) >= 11 is 1.31. The predicted octanol–water partition coefficient (Wildman–Crippen LogP) is 1.07. The molecule has 0 aliphatic carbocycles. The van der Waals surface area contributed by atoms with Crippen molar-refractivity contribution in [1.29, 1.82) is 0 Å². The normalized spacial score (nSPS) is 9.70. The molecule has 1 aromatic heterocycles. The van der Waals surface area contributed by atoms with Gasteiger partial charge in [-0.25, -0.2) is 0 Å². The topological polar surface area (TPSA) is 50.4 Å². The van der Waals surface area contributed by atoms with Crippen molar-refractivity contribution >= 4 is 11.8 Å². The molecule has 4 heteroatoms. The molecular weight excluding hydrogens is 152 g/mol.